The fraction of sp³-hybridized carbons (Fsp3) is 0.308. The van der Waals surface area contributed by atoms with Gasteiger partial charge in [-0.3, -0.25) is 14.5 Å². The molecule has 4 rings (SSSR count). The third-order valence-corrected chi connectivity index (χ3v) is 6.46. The van der Waals surface area contributed by atoms with Crippen LogP contribution in [0.2, 0.25) is 0 Å². The molecule has 0 unspecified atom stereocenters. The molecule has 2 aromatic carbocycles. The summed E-state index contributed by atoms with van der Waals surface area (Å²) in [5, 5.41) is 0. The number of methoxy groups -OCH3 is 1. The van der Waals surface area contributed by atoms with Crippen LogP contribution in [-0.2, 0) is 32.1 Å². The van der Waals surface area contributed by atoms with Crippen LogP contribution in [-0.4, -0.2) is 59.2 Å². The van der Waals surface area contributed by atoms with Gasteiger partial charge in [0.1, 0.15) is 11.4 Å². The van der Waals surface area contributed by atoms with Crippen LogP contribution in [0.25, 0.3) is 11.1 Å². The fourth-order valence-corrected chi connectivity index (χ4v) is 4.60. The number of carbonyl (C=O) groups is 1. The van der Waals surface area contributed by atoms with Gasteiger partial charge in [0.05, 0.1) is 25.2 Å². The number of rotatable bonds is 10. The average Bonchev–Trinajstić information content (AvgIpc) is 2.88. The normalized spacial score (nSPS) is 13.8. The highest BCUT2D eigenvalue weighted by atomic mass is 32.2. The molecule has 1 aliphatic heterocycles. The van der Waals surface area contributed by atoms with E-state index in [0.717, 1.165) is 24.1 Å². The molecule has 0 radical (unpaired) electrons. The molecule has 0 atom stereocenters. The van der Waals surface area contributed by atoms with E-state index in [9.17, 15) is 26.4 Å². The number of halogens is 3. The summed E-state index contributed by atoms with van der Waals surface area (Å²) in [5.74, 6) is -0.0727. The standard InChI is InChI=1S/C26H26F3N3O6S/c1-36-11-12-37-16-38-23-7-5-20(14-22(23)31-39(2,34)35)32-10-9-18-13-17(3-6-21(18)25(32)33)19-4-8-24(30-15-19)26(27,28)29/h3-8,13-15,31H,9-12,16H2,1-2H3. The van der Waals surface area contributed by atoms with E-state index in [1.807, 2.05) is 0 Å². The van der Waals surface area contributed by atoms with Gasteiger partial charge in [-0.05, 0) is 47.9 Å². The van der Waals surface area contributed by atoms with Crippen LogP contribution in [0.5, 0.6) is 5.75 Å². The fourth-order valence-electron chi connectivity index (χ4n) is 4.04. The van der Waals surface area contributed by atoms with Gasteiger partial charge < -0.3 is 19.1 Å². The smallest absolute Gasteiger partial charge is 0.433 e. The van der Waals surface area contributed by atoms with E-state index in [-0.39, 0.29) is 24.1 Å². The van der Waals surface area contributed by atoms with Crippen molar-refractivity contribution in [1.82, 2.24) is 4.98 Å². The lowest BCUT2D eigenvalue weighted by Crippen LogP contribution is -2.37. The first-order valence-corrected chi connectivity index (χ1v) is 13.6. The Kier molecular flexibility index (Phi) is 8.42. The average molecular weight is 566 g/mol. The predicted molar refractivity (Wildman–Crippen MR) is 138 cm³/mol. The van der Waals surface area contributed by atoms with Crippen molar-refractivity contribution < 1.29 is 40.6 Å². The lowest BCUT2D eigenvalue weighted by molar-refractivity contribution is -0.141. The molecule has 0 spiro atoms. The summed E-state index contributed by atoms with van der Waals surface area (Å²) in [5.41, 5.74) is 1.96. The highest BCUT2D eigenvalue weighted by molar-refractivity contribution is 7.92. The number of aromatic nitrogens is 1. The third-order valence-electron chi connectivity index (χ3n) is 5.87. The first kappa shape index (κ1) is 28.3. The minimum atomic E-state index is -4.52. The molecule has 1 amide bonds. The zero-order valence-electron chi connectivity index (χ0n) is 21.1. The minimum absolute atomic E-state index is 0.131. The molecular weight excluding hydrogens is 539 g/mol. The number of hydrogen-bond donors (Lipinski definition) is 1. The number of carbonyl (C=O) groups excluding carboxylic acids is 1. The molecule has 9 nitrogen and oxygen atoms in total. The SMILES string of the molecule is COCCOCOc1ccc(N2CCc3cc(-c4ccc(C(F)(F)F)nc4)ccc3C2=O)cc1NS(C)(=O)=O. The molecule has 208 valence electrons. The van der Waals surface area contributed by atoms with Crippen molar-refractivity contribution in [3.05, 3.63) is 71.5 Å². The molecule has 13 heteroatoms. The van der Waals surface area contributed by atoms with Crippen LogP contribution in [0.1, 0.15) is 21.6 Å². The second-order valence-electron chi connectivity index (χ2n) is 8.73. The van der Waals surface area contributed by atoms with E-state index in [1.165, 1.54) is 24.1 Å². The molecular formula is C26H26F3N3O6S. The van der Waals surface area contributed by atoms with Gasteiger partial charge in [0.15, 0.2) is 6.79 Å². The van der Waals surface area contributed by atoms with E-state index >= 15 is 0 Å². The monoisotopic (exact) mass is 565 g/mol. The molecule has 3 aromatic rings. The molecule has 1 aliphatic rings. The Morgan fingerprint density at radius 2 is 1.82 bits per heavy atom. The van der Waals surface area contributed by atoms with Gasteiger partial charge in [0, 0.05) is 36.7 Å². The second-order valence-corrected chi connectivity index (χ2v) is 10.5. The summed E-state index contributed by atoms with van der Waals surface area (Å²) < 4.78 is 80.5. The lowest BCUT2D eigenvalue weighted by atomic mass is 9.94. The Labute approximate surface area is 223 Å². The van der Waals surface area contributed by atoms with Crippen molar-refractivity contribution in [2.45, 2.75) is 12.6 Å². The van der Waals surface area contributed by atoms with Crippen molar-refractivity contribution in [2.24, 2.45) is 0 Å². The summed E-state index contributed by atoms with van der Waals surface area (Å²) in [6.45, 7) is 0.841. The Balaban J connectivity index is 1.55. The number of anilines is 2. The number of ether oxygens (including phenoxy) is 3. The van der Waals surface area contributed by atoms with Crippen molar-refractivity contribution >= 4 is 27.3 Å². The quantitative estimate of drug-likeness (QED) is 0.288. The maximum absolute atomic E-state index is 13.4. The van der Waals surface area contributed by atoms with Crippen LogP contribution < -0.4 is 14.4 Å². The Morgan fingerprint density at radius 1 is 1.05 bits per heavy atom. The molecule has 1 N–H and O–H groups in total. The topological polar surface area (TPSA) is 107 Å². The van der Waals surface area contributed by atoms with Gasteiger partial charge in [-0.1, -0.05) is 18.2 Å². The van der Waals surface area contributed by atoms with Crippen LogP contribution in [0.3, 0.4) is 0 Å². The molecule has 0 fully saturated rings. The molecule has 0 saturated heterocycles. The minimum Gasteiger partial charge on any atom is -0.465 e. The van der Waals surface area contributed by atoms with Crippen molar-refractivity contribution in [2.75, 3.05) is 49.5 Å². The van der Waals surface area contributed by atoms with Gasteiger partial charge in [0.2, 0.25) is 10.0 Å². The number of nitrogens with one attached hydrogen (secondary N) is 1. The van der Waals surface area contributed by atoms with Crippen molar-refractivity contribution in [3.63, 3.8) is 0 Å². The number of alkyl halides is 3. The molecule has 1 aromatic heterocycles. The number of sulfonamides is 1. The maximum Gasteiger partial charge on any atom is 0.433 e. The van der Waals surface area contributed by atoms with E-state index < -0.39 is 21.9 Å². The van der Waals surface area contributed by atoms with Gasteiger partial charge in [-0.2, -0.15) is 13.2 Å². The highest BCUT2D eigenvalue weighted by Crippen LogP contribution is 2.34. The third kappa shape index (κ3) is 7.05. The predicted octanol–water partition coefficient (Wildman–Crippen LogP) is 4.34. The molecule has 39 heavy (non-hydrogen) atoms. The molecule has 0 bridgehead atoms. The van der Waals surface area contributed by atoms with Gasteiger partial charge in [0.25, 0.3) is 5.91 Å². The molecule has 0 saturated carbocycles. The number of benzene rings is 2. The molecule has 0 aliphatic carbocycles. The number of hydrogen-bond acceptors (Lipinski definition) is 7. The summed E-state index contributed by atoms with van der Waals surface area (Å²) in [6.07, 6.45) is -1.89. The van der Waals surface area contributed by atoms with Gasteiger partial charge in [-0.25, -0.2) is 8.42 Å². The van der Waals surface area contributed by atoms with Crippen LogP contribution in [0.4, 0.5) is 24.5 Å². The second kappa shape index (κ2) is 11.6. The number of nitrogens with zero attached hydrogens (tertiary/aromatic N) is 2. The largest absolute Gasteiger partial charge is 0.465 e. The van der Waals surface area contributed by atoms with E-state index in [2.05, 4.69) is 9.71 Å². The lowest BCUT2D eigenvalue weighted by Gasteiger charge is -2.29. The van der Waals surface area contributed by atoms with Crippen molar-refractivity contribution in [1.29, 1.82) is 0 Å². The highest BCUT2D eigenvalue weighted by Gasteiger charge is 2.32. The maximum atomic E-state index is 13.4. The Bertz CT molecular complexity index is 1450. The van der Waals surface area contributed by atoms with Crippen molar-refractivity contribution in [3.8, 4) is 16.9 Å². The first-order valence-electron chi connectivity index (χ1n) is 11.8. The van der Waals surface area contributed by atoms with E-state index in [0.29, 0.717) is 48.6 Å². The summed E-state index contributed by atoms with van der Waals surface area (Å²) in [6, 6.07) is 12.0. The van der Waals surface area contributed by atoms with E-state index in [4.69, 9.17) is 14.2 Å². The van der Waals surface area contributed by atoms with Gasteiger partial charge in [-0.15, -0.1) is 0 Å². The first-order chi connectivity index (χ1) is 18.5. The Hall–Kier alpha value is -3.68. The number of amides is 1. The number of fused-ring (bicyclic) bond motifs is 1. The van der Waals surface area contributed by atoms with Crippen LogP contribution in [0.15, 0.2) is 54.7 Å². The zero-order chi connectivity index (χ0) is 28.2. The summed E-state index contributed by atoms with van der Waals surface area (Å²) in [7, 11) is -2.12. The van der Waals surface area contributed by atoms with Crippen LogP contribution >= 0.6 is 0 Å². The summed E-state index contributed by atoms with van der Waals surface area (Å²) >= 11 is 0. The van der Waals surface area contributed by atoms with Crippen LogP contribution in [0, 0.1) is 0 Å². The van der Waals surface area contributed by atoms with Gasteiger partial charge >= 0.3 is 6.18 Å². The summed E-state index contributed by atoms with van der Waals surface area (Å²) in [4.78, 5) is 18.4. The number of pyridine rings is 1. The zero-order valence-corrected chi connectivity index (χ0v) is 21.9. The Morgan fingerprint density at radius 3 is 2.49 bits per heavy atom. The van der Waals surface area contributed by atoms with E-state index in [1.54, 1.807) is 30.3 Å². The molecule has 2 heterocycles.